The van der Waals surface area contributed by atoms with E-state index in [4.69, 9.17) is 11.5 Å². The van der Waals surface area contributed by atoms with Gasteiger partial charge in [0.1, 0.15) is 5.69 Å². The second-order valence-corrected chi connectivity index (χ2v) is 3.37. The van der Waals surface area contributed by atoms with Gasteiger partial charge in [-0.2, -0.15) is 0 Å². The van der Waals surface area contributed by atoms with Gasteiger partial charge in [0.05, 0.1) is 11.9 Å². The maximum Gasteiger partial charge on any atom is 0.170 e. The van der Waals surface area contributed by atoms with Crippen LogP contribution in [0.1, 0.15) is 16.2 Å². The molecule has 0 aliphatic rings. The van der Waals surface area contributed by atoms with Crippen molar-refractivity contribution in [2.45, 2.75) is 6.92 Å². The Bertz CT molecular complexity index is 444. The molecule has 0 bridgehead atoms. The zero-order valence-corrected chi connectivity index (χ0v) is 9.50. The van der Waals surface area contributed by atoms with Crippen molar-refractivity contribution in [1.82, 2.24) is 9.97 Å². The number of carbonyl (C=O) groups is 1. The molecule has 0 aliphatic heterocycles. The first-order valence-corrected chi connectivity index (χ1v) is 4.96. The third-order valence-electron chi connectivity index (χ3n) is 1.86. The number of anilines is 2. The zero-order chi connectivity index (χ0) is 12.7. The van der Waals surface area contributed by atoms with E-state index in [1.165, 1.54) is 6.20 Å². The number of nitrogen functional groups attached to an aromatic ring is 2. The fraction of sp³-hybridized carbons (Fsp3) is 0.0833. The van der Waals surface area contributed by atoms with E-state index in [1.807, 2.05) is 6.92 Å². The van der Waals surface area contributed by atoms with E-state index in [0.29, 0.717) is 12.0 Å². The third kappa shape index (κ3) is 4.74. The van der Waals surface area contributed by atoms with Gasteiger partial charge in [0.15, 0.2) is 6.29 Å². The van der Waals surface area contributed by atoms with Crippen LogP contribution in [0.15, 0.2) is 36.7 Å². The molecule has 0 saturated heterocycles. The Kier molecular flexibility index (Phi) is 4.62. The predicted molar refractivity (Wildman–Crippen MR) is 67.4 cm³/mol. The largest absolute Gasteiger partial charge is 0.399 e. The molecule has 0 saturated carbocycles. The van der Waals surface area contributed by atoms with Crippen molar-refractivity contribution in [2.75, 3.05) is 11.5 Å². The van der Waals surface area contributed by atoms with Crippen molar-refractivity contribution < 1.29 is 4.79 Å². The highest BCUT2D eigenvalue weighted by Crippen LogP contribution is 2.04. The van der Waals surface area contributed by atoms with E-state index < -0.39 is 0 Å². The van der Waals surface area contributed by atoms with Gasteiger partial charge in [-0.15, -0.1) is 0 Å². The first-order valence-electron chi connectivity index (χ1n) is 4.96. The quantitative estimate of drug-likeness (QED) is 0.571. The van der Waals surface area contributed by atoms with Gasteiger partial charge >= 0.3 is 0 Å². The number of aryl methyl sites for hydroxylation is 1. The molecule has 0 unspecified atom stereocenters. The first-order chi connectivity index (χ1) is 8.11. The molecule has 0 fully saturated rings. The maximum atomic E-state index is 10.0. The number of carbonyl (C=O) groups excluding carboxylic acids is 1. The molecule has 4 N–H and O–H groups in total. The SMILES string of the molecule is Cc1cnc(C=O)cn1.Nc1ccc(N)cc1. The minimum atomic E-state index is 0.376. The van der Waals surface area contributed by atoms with E-state index in [0.717, 1.165) is 17.1 Å². The molecule has 5 nitrogen and oxygen atoms in total. The molecule has 88 valence electrons. The topological polar surface area (TPSA) is 94.9 Å². The smallest absolute Gasteiger partial charge is 0.170 e. The Balaban J connectivity index is 0.000000171. The number of benzene rings is 1. The summed E-state index contributed by atoms with van der Waals surface area (Å²) in [6.45, 7) is 1.82. The minimum Gasteiger partial charge on any atom is -0.399 e. The van der Waals surface area contributed by atoms with Crippen LogP contribution in [-0.2, 0) is 0 Å². The summed E-state index contributed by atoms with van der Waals surface area (Å²) in [4.78, 5) is 17.6. The number of hydrogen-bond donors (Lipinski definition) is 2. The van der Waals surface area contributed by atoms with Crippen LogP contribution in [0.4, 0.5) is 11.4 Å². The predicted octanol–water partition coefficient (Wildman–Crippen LogP) is 1.45. The fourth-order valence-electron chi connectivity index (χ4n) is 0.959. The van der Waals surface area contributed by atoms with E-state index in [9.17, 15) is 4.79 Å². The molecule has 17 heavy (non-hydrogen) atoms. The van der Waals surface area contributed by atoms with Crippen molar-refractivity contribution in [1.29, 1.82) is 0 Å². The Morgan fingerprint density at radius 2 is 1.53 bits per heavy atom. The van der Waals surface area contributed by atoms with Crippen molar-refractivity contribution in [3.05, 3.63) is 48.0 Å². The zero-order valence-electron chi connectivity index (χ0n) is 9.50. The van der Waals surface area contributed by atoms with Crippen LogP contribution in [-0.4, -0.2) is 16.3 Å². The van der Waals surface area contributed by atoms with E-state index in [1.54, 1.807) is 30.5 Å². The summed E-state index contributed by atoms with van der Waals surface area (Å²) in [5.41, 5.74) is 13.4. The Hall–Kier alpha value is -2.43. The van der Waals surface area contributed by atoms with Gasteiger partial charge in [0.2, 0.25) is 0 Å². The van der Waals surface area contributed by atoms with E-state index in [2.05, 4.69) is 9.97 Å². The summed E-state index contributed by atoms with van der Waals surface area (Å²) >= 11 is 0. The van der Waals surface area contributed by atoms with Gasteiger partial charge in [0.25, 0.3) is 0 Å². The van der Waals surface area contributed by atoms with Crippen LogP contribution in [0.3, 0.4) is 0 Å². The van der Waals surface area contributed by atoms with Gasteiger partial charge in [-0.3, -0.25) is 9.78 Å². The molecular weight excluding hydrogens is 216 g/mol. The fourth-order valence-corrected chi connectivity index (χ4v) is 0.959. The molecule has 2 aromatic rings. The summed E-state index contributed by atoms with van der Waals surface area (Å²) in [7, 11) is 0. The summed E-state index contributed by atoms with van der Waals surface area (Å²) in [6, 6.07) is 7.09. The first kappa shape index (κ1) is 12.6. The van der Waals surface area contributed by atoms with Gasteiger partial charge in [0, 0.05) is 17.6 Å². The van der Waals surface area contributed by atoms with Crippen LogP contribution in [0.5, 0.6) is 0 Å². The highest BCUT2D eigenvalue weighted by Gasteiger charge is 1.88. The Labute approximate surface area is 99.5 Å². The highest BCUT2D eigenvalue weighted by atomic mass is 16.1. The molecule has 5 heteroatoms. The van der Waals surface area contributed by atoms with Crippen molar-refractivity contribution >= 4 is 17.7 Å². The molecule has 1 heterocycles. The lowest BCUT2D eigenvalue weighted by molar-refractivity contribution is 0.111. The highest BCUT2D eigenvalue weighted by molar-refractivity contribution is 5.70. The molecule has 0 atom stereocenters. The molecule has 0 amide bonds. The number of aldehydes is 1. The molecule has 1 aromatic carbocycles. The second-order valence-electron chi connectivity index (χ2n) is 3.37. The number of rotatable bonds is 1. The minimum absolute atomic E-state index is 0.376. The van der Waals surface area contributed by atoms with Crippen LogP contribution in [0, 0.1) is 6.92 Å². The van der Waals surface area contributed by atoms with Crippen molar-refractivity contribution in [3.8, 4) is 0 Å². The molecule has 0 spiro atoms. The standard InChI is InChI=1S/C6H6N2O.C6H8N2/c1-5-2-8-6(4-9)3-7-5;7-5-1-2-6(8)4-3-5/h2-4H,1H3;1-4H,7-8H2. The lowest BCUT2D eigenvalue weighted by Crippen LogP contribution is -1.88. The summed E-state index contributed by atoms with van der Waals surface area (Å²) in [6.07, 6.45) is 3.68. The Morgan fingerprint density at radius 1 is 1.00 bits per heavy atom. The average Bonchev–Trinajstić information content (AvgIpc) is 2.35. The molecule has 2 rings (SSSR count). The van der Waals surface area contributed by atoms with Crippen molar-refractivity contribution in [2.24, 2.45) is 0 Å². The van der Waals surface area contributed by atoms with Crippen LogP contribution in [0.2, 0.25) is 0 Å². The Morgan fingerprint density at radius 3 is 1.88 bits per heavy atom. The number of nitrogens with two attached hydrogens (primary N) is 2. The normalized spacial score (nSPS) is 9.00. The van der Waals surface area contributed by atoms with Crippen molar-refractivity contribution in [3.63, 3.8) is 0 Å². The summed E-state index contributed by atoms with van der Waals surface area (Å²) < 4.78 is 0. The van der Waals surface area contributed by atoms with E-state index >= 15 is 0 Å². The summed E-state index contributed by atoms with van der Waals surface area (Å²) in [5, 5.41) is 0. The van der Waals surface area contributed by atoms with Crippen LogP contribution >= 0.6 is 0 Å². The molecule has 0 aliphatic carbocycles. The average molecular weight is 230 g/mol. The molecule has 0 radical (unpaired) electrons. The third-order valence-corrected chi connectivity index (χ3v) is 1.86. The second kappa shape index (κ2) is 6.22. The van der Waals surface area contributed by atoms with Crippen LogP contribution in [0.25, 0.3) is 0 Å². The maximum absolute atomic E-state index is 10.0. The van der Waals surface area contributed by atoms with Crippen LogP contribution < -0.4 is 11.5 Å². The number of hydrogen-bond acceptors (Lipinski definition) is 5. The van der Waals surface area contributed by atoms with Gasteiger partial charge < -0.3 is 11.5 Å². The van der Waals surface area contributed by atoms with Gasteiger partial charge in [-0.05, 0) is 31.2 Å². The molecular formula is C12H14N4O. The van der Waals surface area contributed by atoms with E-state index in [-0.39, 0.29) is 0 Å². The van der Waals surface area contributed by atoms with Gasteiger partial charge in [-0.25, -0.2) is 4.98 Å². The lowest BCUT2D eigenvalue weighted by atomic mass is 10.3. The lowest BCUT2D eigenvalue weighted by Gasteiger charge is -1.90. The number of nitrogens with zero attached hydrogens (tertiary/aromatic N) is 2. The molecule has 1 aromatic heterocycles. The summed E-state index contributed by atoms with van der Waals surface area (Å²) in [5.74, 6) is 0. The van der Waals surface area contributed by atoms with Gasteiger partial charge in [-0.1, -0.05) is 0 Å². The monoisotopic (exact) mass is 230 g/mol. The number of aromatic nitrogens is 2.